The van der Waals surface area contributed by atoms with E-state index in [0.29, 0.717) is 28.3 Å². The van der Waals surface area contributed by atoms with Gasteiger partial charge in [-0.05, 0) is 48.2 Å². The van der Waals surface area contributed by atoms with Gasteiger partial charge < -0.3 is 19.5 Å². The van der Waals surface area contributed by atoms with Crippen molar-refractivity contribution in [3.8, 4) is 11.5 Å². The normalized spacial score (nSPS) is 15.4. The lowest BCUT2D eigenvalue weighted by molar-refractivity contribution is -0.138. The summed E-state index contributed by atoms with van der Waals surface area (Å²) in [5.41, 5.74) is 4.28. The fraction of sp³-hybridized carbons (Fsp3) is 0.304. The number of fused-ring (bicyclic) bond motifs is 1. The number of imide groups is 1. The summed E-state index contributed by atoms with van der Waals surface area (Å²) >= 11 is 0. The van der Waals surface area contributed by atoms with Crippen LogP contribution in [0.1, 0.15) is 22.3 Å². The molecule has 156 valence electrons. The Hall–Kier alpha value is -3.32. The fourth-order valence-corrected chi connectivity index (χ4v) is 3.70. The standard InChI is InChI=1S/C23H24N2O5/c1-14-4-6-17(10-15(14)2)20-21(24(3)8-9-26)23(28)25(22(20)27)12-16-5-7-18-19(11-16)30-13-29-18/h4-7,10-11,26H,8-9,12-13H2,1-3H3. The quantitative estimate of drug-likeness (QED) is 0.739. The molecule has 0 aromatic heterocycles. The van der Waals surface area contributed by atoms with Crippen LogP contribution in [0.5, 0.6) is 11.5 Å². The van der Waals surface area contributed by atoms with Crippen molar-refractivity contribution in [1.82, 2.24) is 9.80 Å². The zero-order valence-electron chi connectivity index (χ0n) is 17.3. The zero-order valence-corrected chi connectivity index (χ0v) is 17.3. The molecule has 1 N–H and O–H groups in total. The highest BCUT2D eigenvalue weighted by Crippen LogP contribution is 2.35. The predicted octanol–water partition coefficient (Wildman–Crippen LogP) is 2.24. The summed E-state index contributed by atoms with van der Waals surface area (Å²) in [7, 11) is 1.71. The van der Waals surface area contributed by atoms with E-state index in [1.165, 1.54) is 4.90 Å². The molecule has 0 aliphatic carbocycles. The van der Waals surface area contributed by atoms with Crippen molar-refractivity contribution in [3.63, 3.8) is 0 Å². The summed E-state index contributed by atoms with van der Waals surface area (Å²) in [6.45, 7) is 4.39. The third kappa shape index (κ3) is 3.41. The molecule has 0 atom stereocenters. The number of ether oxygens (including phenoxy) is 2. The number of aliphatic hydroxyl groups is 1. The molecular formula is C23H24N2O5. The molecule has 4 rings (SSSR count). The Kier molecular flexibility index (Phi) is 5.22. The lowest BCUT2D eigenvalue weighted by Crippen LogP contribution is -2.34. The van der Waals surface area contributed by atoms with Crippen LogP contribution in [0, 0.1) is 13.8 Å². The van der Waals surface area contributed by atoms with Gasteiger partial charge in [0.15, 0.2) is 11.5 Å². The first-order valence-corrected chi connectivity index (χ1v) is 9.79. The van der Waals surface area contributed by atoms with Gasteiger partial charge in [0.25, 0.3) is 11.8 Å². The van der Waals surface area contributed by atoms with Crippen molar-refractivity contribution in [2.75, 3.05) is 27.0 Å². The first kappa shape index (κ1) is 20.0. The number of likely N-dealkylation sites (N-methyl/N-ethyl adjacent to an activating group) is 1. The molecule has 0 saturated heterocycles. The highest BCUT2D eigenvalue weighted by Gasteiger charge is 2.40. The van der Waals surface area contributed by atoms with Gasteiger partial charge in [-0.2, -0.15) is 0 Å². The van der Waals surface area contributed by atoms with E-state index >= 15 is 0 Å². The van der Waals surface area contributed by atoms with E-state index in [0.717, 1.165) is 16.7 Å². The average molecular weight is 408 g/mol. The van der Waals surface area contributed by atoms with Crippen molar-refractivity contribution in [1.29, 1.82) is 0 Å². The van der Waals surface area contributed by atoms with Gasteiger partial charge >= 0.3 is 0 Å². The van der Waals surface area contributed by atoms with Gasteiger partial charge in [-0.1, -0.05) is 24.3 Å². The summed E-state index contributed by atoms with van der Waals surface area (Å²) in [6.07, 6.45) is 0. The highest BCUT2D eigenvalue weighted by molar-refractivity contribution is 6.35. The number of aryl methyl sites for hydroxylation is 2. The maximum atomic E-state index is 13.4. The van der Waals surface area contributed by atoms with Crippen molar-refractivity contribution in [2.24, 2.45) is 0 Å². The Bertz CT molecular complexity index is 1060. The topological polar surface area (TPSA) is 79.3 Å². The molecule has 30 heavy (non-hydrogen) atoms. The molecule has 7 nitrogen and oxygen atoms in total. The Morgan fingerprint density at radius 3 is 2.50 bits per heavy atom. The third-order valence-electron chi connectivity index (χ3n) is 5.53. The lowest BCUT2D eigenvalue weighted by atomic mass is 9.99. The Morgan fingerprint density at radius 2 is 1.77 bits per heavy atom. The van der Waals surface area contributed by atoms with Crippen molar-refractivity contribution >= 4 is 17.4 Å². The van der Waals surface area contributed by atoms with Gasteiger partial charge in [0.05, 0.1) is 18.7 Å². The molecular weight excluding hydrogens is 384 g/mol. The first-order chi connectivity index (χ1) is 14.4. The molecule has 0 fully saturated rings. The molecule has 0 saturated carbocycles. The summed E-state index contributed by atoms with van der Waals surface area (Å²) in [5.74, 6) is 0.532. The molecule has 0 bridgehead atoms. The van der Waals surface area contributed by atoms with Gasteiger partial charge in [0.1, 0.15) is 5.70 Å². The number of hydrogen-bond acceptors (Lipinski definition) is 6. The van der Waals surface area contributed by atoms with Crippen LogP contribution in [0.25, 0.3) is 5.57 Å². The SMILES string of the molecule is Cc1ccc(C2=C(N(C)CCO)C(=O)N(Cc3ccc4c(c3)OCO4)C2=O)cc1C. The monoisotopic (exact) mass is 408 g/mol. The van der Waals surface area contributed by atoms with Gasteiger partial charge in [0.2, 0.25) is 6.79 Å². The number of rotatable bonds is 6. The molecule has 0 unspecified atom stereocenters. The number of nitrogens with zero attached hydrogens (tertiary/aromatic N) is 2. The van der Waals surface area contributed by atoms with Gasteiger partial charge in [0, 0.05) is 13.6 Å². The largest absolute Gasteiger partial charge is 0.454 e. The molecule has 2 aliphatic heterocycles. The molecule has 2 amide bonds. The fourth-order valence-electron chi connectivity index (χ4n) is 3.70. The van der Waals surface area contributed by atoms with Gasteiger partial charge in [-0.3, -0.25) is 14.5 Å². The third-order valence-corrected chi connectivity index (χ3v) is 5.53. The summed E-state index contributed by atoms with van der Waals surface area (Å²) < 4.78 is 10.7. The molecule has 7 heteroatoms. The summed E-state index contributed by atoms with van der Waals surface area (Å²) in [6, 6.07) is 11.1. The van der Waals surface area contributed by atoms with E-state index in [2.05, 4.69) is 0 Å². The van der Waals surface area contributed by atoms with Crippen LogP contribution < -0.4 is 9.47 Å². The van der Waals surface area contributed by atoms with Crippen LogP contribution >= 0.6 is 0 Å². The summed E-state index contributed by atoms with van der Waals surface area (Å²) in [5, 5.41) is 9.38. The average Bonchev–Trinajstić information content (AvgIpc) is 3.28. The second-order valence-electron chi connectivity index (χ2n) is 7.55. The van der Waals surface area contributed by atoms with Crippen LogP contribution in [0.3, 0.4) is 0 Å². The van der Waals surface area contributed by atoms with E-state index in [4.69, 9.17) is 9.47 Å². The minimum atomic E-state index is -0.373. The van der Waals surface area contributed by atoms with Crippen LogP contribution in [0.2, 0.25) is 0 Å². The Morgan fingerprint density at radius 1 is 1.00 bits per heavy atom. The van der Waals surface area contributed by atoms with Crippen molar-refractivity contribution < 1.29 is 24.2 Å². The van der Waals surface area contributed by atoms with E-state index in [9.17, 15) is 14.7 Å². The molecule has 0 spiro atoms. The molecule has 2 aromatic rings. The molecule has 2 heterocycles. The maximum absolute atomic E-state index is 13.4. The van der Waals surface area contributed by atoms with E-state index < -0.39 is 0 Å². The predicted molar refractivity (Wildman–Crippen MR) is 111 cm³/mol. The van der Waals surface area contributed by atoms with E-state index in [1.807, 2.05) is 38.1 Å². The van der Waals surface area contributed by atoms with Crippen molar-refractivity contribution in [3.05, 3.63) is 64.3 Å². The van der Waals surface area contributed by atoms with E-state index in [-0.39, 0.29) is 38.3 Å². The highest BCUT2D eigenvalue weighted by atomic mass is 16.7. The first-order valence-electron chi connectivity index (χ1n) is 9.79. The molecule has 2 aromatic carbocycles. The number of carbonyl (C=O) groups is 2. The number of aliphatic hydroxyl groups excluding tert-OH is 1. The zero-order chi connectivity index (χ0) is 21.4. The Balaban J connectivity index is 1.71. The second-order valence-corrected chi connectivity index (χ2v) is 7.55. The molecule has 0 radical (unpaired) electrons. The summed E-state index contributed by atoms with van der Waals surface area (Å²) in [4.78, 5) is 29.5. The van der Waals surface area contributed by atoms with Crippen LogP contribution in [-0.4, -0.2) is 53.7 Å². The maximum Gasteiger partial charge on any atom is 0.278 e. The minimum absolute atomic E-state index is 0.121. The van der Waals surface area contributed by atoms with Crippen LogP contribution in [0.4, 0.5) is 0 Å². The lowest BCUT2D eigenvalue weighted by Gasteiger charge is -2.20. The number of carbonyl (C=O) groups excluding carboxylic acids is 2. The smallest absolute Gasteiger partial charge is 0.278 e. The van der Waals surface area contributed by atoms with Gasteiger partial charge in [-0.25, -0.2) is 0 Å². The van der Waals surface area contributed by atoms with Gasteiger partial charge in [-0.15, -0.1) is 0 Å². The second kappa shape index (κ2) is 7.84. The number of benzene rings is 2. The number of hydrogen-bond donors (Lipinski definition) is 1. The van der Waals surface area contributed by atoms with Crippen LogP contribution in [0.15, 0.2) is 42.1 Å². The van der Waals surface area contributed by atoms with E-state index in [1.54, 1.807) is 24.1 Å². The number of amides is 2. The van der Waals surface area contributed by atoms with Crippen LogP contribution in [-0.2, 0) is 16.1 Å². The molecule has 2 aliphatic rings. The van der Waals surface area contributed by atoms with Crippen molar-refractivity contribution in [2.45, 2.75) is 20.4 Å². The Labute approximate surface area is 175 Å². The minimum Gasteiger partial charge on any atom is -0.454 e.